The Balaban J connectivity index is -0.000000878. The van der Waals surface area contributed by atoms with Crippen LogP contribution in [0.2, 0.25) is 0 Å². The summed E-state index contributed by atoms with van der Waals surface area (Å²) >= 11 is 0. The normalized spacial score (nSPS) is 19.9. The van der Waals surface area contributed by atoms with Crippen LogP contribution < -0.4 is 16.0 Å². The molecule has 0 bridgehead atoms. The number of carboxylic acids is 1. The number of nitrogens with one attached hydrogen (secondary N) is 3. The number of nitriles is 1. The third-order valence-corrected chi connectivity index (χ3v) is 8.82. The van der Waals surface area contributed by atoms with Gasteiger partial charge in [0.15, 0.2) is 0 Å². The fourth-order valence-electron chi connectivity index (χ4n) is 5.77. The molecule has 2 fully saturated rings. The van der Waals surface area contributed by atoms with Crippen molar-refractivity contribution in [1.29, 1.82) is 5.26 Å². The van der Waals surface area contributed by atoms with E-state index >= 15 is 0 Å². The van der Waals surface area contributed by atoms with Gasteiger partial charge in [0, 0.05) is 30.8 Å². The summed E-state index contributed by atoms with van der Waals surface area (Å²) in [6, 6.07) is -0.0189. The van der Waals surface area contributed by atoms with Crippen LogP contribution in [0.4, 0.5) is 9.59 Å². The minimum absolute atomic E-state index is 0.250. The van der Waals surface area contributed by atoms with E-state index in [1.165, 1.54) is 30.7 Å². The molecule has 2 rings (SSSR count). The zero-order chi connectivity index (χ0) is 49.4. The van der Waals surface area contributed by atoms with Crippen molar-refractivity contribution in [3.63, 3.8) is 0 Å². The van der Waals surface area contributed by atoms with E-state index in [-0.39, 0.29) is 29.9 Å². The molecule has 0 aromatic rings. The van der Waals surface area contributed by atoms with Crippen LogP contribution in [0.1, 0.15) is 130 Å². The molecule has 0 saturated carbocycles. The van der Waals surface area contributed by atoms with Crippen molar-refractivity contribution in [2.24, 2.45) is 17.3 Å². The van der Waals surface area contributed by atoms with Gasteiger partial charge >= 0.3 is 30.3 Å². The van der Waals surface area contributed by atoms with Crippen LogP contribution in [0, 0.1) is 28.6 Å². The number of esters is 1. The van der Waals surface area contributed by atoms with Crippen molar-refractivity contribution in [3.05, 3.63) is 50.6 Å². The zero-order valence-electron chi connectivity index (χ0n) is 40.0. The van der Waals surface area contributed by atoms with E-state index in [1.54, 1.807) is 94.4 Å². The highest BCUT2D eigenvalue weighted by Gasteiger charge is 2.45. The van der Waals surface area contributed by atoms with Crippen LogP contribution in [0.5, 0.6) is 0 Å². The van der Waals surface area contributed by atoms with E-state index in [9.17, 15) is 24.0 Å². The molecule has 0 radical (unpaired) electrons. The van der Waals surface area contributed by atoms with E-state index in [4.69, 9.17) is 34.2 Å². The number of rotatable bonds is 11. The van der Waals surface area contributed by atoms with E-state index in [0.717, 1.165) is 0 Å². The van der Waals surface area contributed by atoms with Gasteiger partial charge in [0.25, 0.3) is 0 Å². The highest BCUT2D eigenvalue weighted by Crippen LogP contribution is 2.30. The molecule has 2 heterocycles. The smallest absolute Gasteiger partial charge is 0.408 e. The maximum atomic E-state index is 13.4. The SMILES string of the molecule is C=C[C@@H](C)C(NC(=O)OC(C)(C)C)C(=O)N1[C@@H](C=C)CC[C@H]1C(=O)OC(C)(C)C.C=C[C@@H](C)C(NC(=O)OC(C)(C)C)C(=O)O.C=C[C@H]1CC[C@@H](C(C)(C)C)N1.CC#N.O=C=O. The number of carboxylic acid groups (broad SMARTS) is 1. The number of likely N-dealkylation sites (tertiary alicyclic amines) is 1. The highest BCUT2D eigenvalue weighted by atomic mass is 16.6. The molecule has 8 atom stereocenters. The fraction of sp³-hybridized carbons (Fsp3) is 0.674. The molecule has 0 aliphatic carbocycles. The van der Waals surface area contributed by atoms with Crippen molar-refractivity contribution < 1.29 is 52.9 Å². The Labute approximate surface area is 370 Å². The van der Waals surface area contributed by atoms with Crippen molar-refractivity contribution in [3.8, 4) is 6.07 Å². The lowest BCUT2D eigenvalue weighted by Crippen LogP contribution is -2.56. The molecule has 2 saturated heterocycles. The van der Waals surface area contributed by atoms with Gasteiger partial charge in [-0.3, -0.25) is 4.79 Å². The average Bonchev–Trinajstić information content (AvgIpc) is 3.79. The molecule has 0 aromatic heterocycles. The second kappa shape index (κ2) is 28.4. The first-order valence-electron chi connectivity index (χ1n) is 20.6. The molecular weight excluding hydrogens is 799 g/mol. The van der Waals surface area contributed by atoms with Gasteiger partial charge in [-0.05, 0) is 93.4 Å². The number of nitrogens with zero attached hydrogens (tertiary/aromatic N) is 2. The number of aliphatic carboxylic acids is 1. The van der Waals surface area contributed by atoms with E-state index < -0.39 is 59.1 Å². The van der Waals surface area contributed by atoms with Crippen LogP contribution in [-0.2, 0) is 38.2 Å². The maximum absolute atomic E-state index is 13.4. The topological polar surface area (TPSA) is 231 Å². The summed E-state index contributed by atoms with van der Waals surface area (Å²) < 4.78 is 15.8. The van der Waals surface area contributed by atoms with Crippen molar-refractivity contribution in [2.75, 3.05) is 0 Å². The molecule has 352 valence electrons. The molecule has 3 amide bonds. The third-order valence-electron chi connectivity index (χ3n) is 8.82. The summed E-state index contributed by atoms with van der Waals surface area (Å²) in [7, 11) is 0. The van der Waals surface area contributed by atoms with Gasteiger partial charge in [-0.15, -0.1) is 26.3 Å². The standard InChI is InChI=1S/C22H36N2O5.C11H19NO4.C10H19N.C2H3N.CO2/c1-10-14(3)17(23-20(27)29-22(7,8)9)18(25)24-15(11-2)12-13-16(24)19(26)28-21(4,5)6;1-6-7(2)8(9(13)14)12-10(15)16-11(3,4)5;1-5-8-6-7-9(11-8)10(2,3)4;1-2-3;2-1-3/h10-11,14-17H,1-2,12-13H2,3-9H3,(H,23,27);6-8H,1H2,2-5H3,(H,12,15)(H,13,14);5,8-9,11H,1,6-7H2,2-4H3;1H3;/t14-,15+,16+,17?;7-,8?;8-,9-;;/m110../s1. The van der Waals surface area contributed by atoms with Crippen LogP contribution in [0.15, 0.2) is 50.6 Å². The lowest BCUT2D eigenvalue weighted by molar-refractivity contribution is -0.191. The van der Waals surface area contributed by atoms with E-state index in [0.29, 0.717) is 30.3 Å². The maximum Gasteiger partial charge on any atom is 0.408 e. The first-order valence-corrected chi connectivity index (χ1v) is 20.6. The Bertz CT molecular complexity index is 1550. The van der Waals surface area contributed by atoms with Gasteiger partial charge in [0.05, 0.1) is 12.1 Å². The van der Waals surface area contributed by atoms with Crippen molar-refractivity contribution in [1.82, 2.24) is 20.9 Å². The number of ether oxygens (including phenoxy) is 3. The fourth-order valence-corrected chi connectivity index (χ4v) is 5.77. The summed E-state index contributed by atoms with van der Waals surface area (Å²) in [5, 5.41) is 24.7. The first-order chi connectivity index (χ1) is 28.2. The van der Waals surface area contributed by atoms with Gasteiger partial charge in [0.2, 0.25) is 5.91 Å². The molecule has 0 aromatic carbocycles. The Hall–Kier alpha value is -5.26. The van der Waals surface area contributed by atoms with Gasteiger partial charge in [-0.2, -0.15) is 14.9 Å². The zero-order valence-corrected chi connectivity index (χ0v) is 40.0. The number of hydrogen-bond donors (Lipinski definition) is 4. The number of alkyl carbamates (subject to hydrolysis) is 2. The molecule has 16 heteroatoms. The number of amides is 3. The molecule has 2 aliphatic rings. The average molecular weight is 876 g/mol. The molecule has 2 aliphatic heterocycles. The van der Waals surface area contributed by atoms with E-state index in [1.807, 2.05) is 6.08 Å². The third kappa shape index (κ3) is 26.2. The number of carbonyl (C=O) groups excluding carboxylic acids is 6. The highest BCUT2D eigenvalue weighted by molar-refractivity contribution is 5.91. The molecule has 62 heavy (non-hydrogen) atoms. The number of hydrogen-bond acceptors (Lipinski definition) is 12. The molecule has 4 N–H and O–H groups in total. The van der Waals surface area contributed by atoms with Crippen molar-refractivity contribution in [2.45, 2.75) is 183 Å². The summed E-state index contributed by atoms with van der Waals surface area (Å²) in [6.45, 7) is 42.2. The Morgan fingerprint density at radius 3 is 1.44 bits per heavy atom. The summed E-state index contributed by atoms with van der Waals surface area (Å²) in [6.07, 6.45) is 9.14. The minimum atomic E-state index is -1.11. The van der Waals surface area contributed by atoms with Gasteiger partial charge in [0.1, 0.15) is 34.9 Å². The Morgan fingerprint density at radius 2 is 1.13 bits per heavy atom. The van der Waals surface area contributed by atoms with Crippen LogP contribution in [0.3, 0.4) is 0 Å². The molecular formula is C46H77N5O11. The second-order valence-corrected chi connectivity index (χ2v) is 18.8. The van der Waals surface area contributed by atoms with Crippen molar-refractivity contribution >= 4 is 36.2 Å². The Kier molecular flexibility index (Phi) is 27.9. The minimum Gasteiger partial charge on any atom is -0.480 e. The first kappa shape index (κ1) is 61.0. The summed E-state index contributed by atoms with van der Waals surface area (Å²) in [4.78, 5) is 78.5. The molecule has 0 spiro atoms. The van der Waals surface area contributed by atoms with Crippen LogP contribution in [-0.4, -0.2) is 99.2 Å². The monoisotopic (exact) mass is 876 g/mol. The summed E-state index contributed by atoms with van der Waals surface area (Å²) in [5.41, 5.74) is -1.62. The quantitative estimate of drug-likeness (QED) is 0.0889. The van der Waals surface area contributed by atoms with Crippen LogP contribution >= 0.6 is 0 Å². The Morgan fingerprint density at radius 1 is 0.726 bits per heavy atom. The van der Waals surface area contributed by atoms with Gasteiger partial charge < -0.3 is 40.2 Å². The predicted molar refractivity (Wildman–Crippen MR) is 238 cm³/mol. The molecule has 2 unspecified atom stereocenters. The largest absolute Gasteiger partial charge is 0.480 e. The predicted octanol–water partition coefficient (Wildman–Crippen LogP) is 7.66. The van der Waals surface area contributed by atoms with Gasteiger partial charge in [-0.25, -0.2) is 19.2 Å². The molecule has 16 nitrogen and oxygen atoms in total. The van der Waals surface area contributed by atoms with Crippen LogP contribution in [0.25, 0.3) is 0 Å². The van der Waals surface area contributed by atoms with Gasteiger partial charge in [-0.1, -0.05) is 58.9 Å². The lowest BCUT2D eigenvalue weighted by Gasteiger charge is -2.34. The van der Waals surface area contributed by atoms with E-state index in [2.05, 4.69) is 63.0 Å². The second-order valence-electron chi connectivity index (χ2n) is 18.8. The summed E-state index contributed by atoms with van der Waals surface area (Å²) in [5.74, 6) is -2.71. The number of carbonyl (C=O) groups is 5. The lowest BCUT2D eigenvalue weighted by atomic mass is 9.86.